The standard InChI is InChI=1S/C17H18ClNO/c1-11-4-3-5-12(8-11)16(19-2)15-10-14(18)9-13-6-7-20-17(13)15/h3-5,8-10,16,19H,6-7H2,1-2H3. The summed E-state index contributed by atoms with van der Waals surface area (Å²) in [4.78, 5) is 0. The highest BCUT2D eigenvalue weighted by molar-refractivity contribution is 6.30. The summed E-state index contributed by atoms with van der Waals surface area (Å²) < 4.78 is 5.82. The molecule has 0 saturated heterocycles. The van der Waals surface area contributed by atoms with E-state index in [9.17, 15) is 0 Å². The van der Waals surface area contributed by atoms with E-state index < -0.39 is 0 Å². The van der Waals surface area contributed by atoms with Gasteiger partial charge in [-0.2, -0.15) is 0 Å². The molecule has 3 rings (SSSR count). The van der Waals surface area contributed by atoms with Crippen LogP contribution in [0, 0.1) is 6.92 Å². The largest absolute Gasteiger partial charge is 0.493 e. The quantitative estimate of drug-likeness (QED) is 0.925. The van der Waals surface area contributed by atoms with E-state index in [1.807, 2.05) is 19.2 Å². The SMILES string of the molecule is CNC(c1cccc(C)c1)c1cc(Cl)cc2c1OCC2. The molecule has 1 aliphatic rings. The summed E-state index contributed by atoms with van der Waals surface area (Å²) in [5.74, 6) is 0.996. The van der Waals surface area contributed by atoms with E-state index in [-0.39, 0.29) is 6.04 Å². The fraction of sp³-hybridized carbons (Fsp3) is 0.294. The number of rotatable bonds is 3. The normalized spacial score (nSPS) is 14.8. The molecule has 0 aromatic heterocycles. The van der Waals surface area contributed by atoms with Crippen LogP contribution >= 0.6 is 11.6 Å². The Morgan fingerprint density at radius 1 is 1.25 bits per heavy atom. The summed E-state index contributed by atoms with van der Waals surface area (Å²) >= 11 is 6.26. The molecule has 1 unspecified atom stereocenters. The zero-order chi connectivity index (χ0) is 14.1. The van der Waals surface area contributed by atoms with Gasteiger partial charge < -0.3 is 10.1 Å². The molecule has 0 aliphatic carbocycles. The number of nitrogens with one attached hydrogen (secondary N) is 1. The van der Waals surface area contributed by atoms with E-state index in [2.05, 4.69) is 36.5 Å². The van der Waals surface area contributed by atoms with Crippen LogP contribution in [0.4, 0.5) is 0 Å². The first-order chi connectivity index (χ1) is 9.69. The van der Waals surface area contributed by atoms with Crippen LogP contribution in [0.1, 0.15) is 28.3 Å². The van der Waals surface area contributed by atoms with E-state index in [1.165, 1.54) is 16.7 Å². The van der Waals surface area contributed by atoms with Crippen LogP contribution in [-0.2, 0) is 6.42 Å². The number of benzene rings is 2. The average Bonchev–Trinajstić information content (AvgIpc) is 2.87. The van der Waals surface area contributed by atoms with E-state index in [0.717, 1.165) is 29.4 Å². The highest BCUT2D eigenvalue weighted by Crippen LogP contribution is 2.38. The lowest BCUT2D eigenvalue weighted by molar-refractivity contribution is 0.351. The maximum atomic E-state index is 6.26. The predicted molar refractivity (Wildman–Crippen MR) is 82.7 cm³/mol. The van der Waals surface area contributed by atoms with Gasteiger partial charge in [-0.25, -0.2) is 0 Å². The van der Waals surface area contributed by atoms with Crippen LogP contribution in [0.15, 0.2) is 36.4 Å². The number of aryl methyl sites for hydroxylation is 1. The maximum Gasteiger partial charge on any atom is 0.127 e. The molecular weight excluding hydrogens is 270 g/mol. The zero-order valence-corrected chi connectivity index (χ0v) is 12.5. The molecule has 1 atom stereocenters. The summed E-state index contributed by atoms with van der Waals surface area (Å²) in [6.45, 7) is 2.85. The molecule has 1 heterocycles. The smallest absolute Gasteiger partial charge is 0.127 e. The van der Waals surface area contributed by atoms with E-state index in [1.54, 1.807) is 0 Å². The van der Waals surface area contributed by atoms with E-state index in [0.29, 0.717) is 0 Å². The first-order valence-corrected chi connectivity index (χ1v) is 7.26. The molecule has 0 amide bonds. The van der Waals surface area contributed by atoms with Gasteiger partial charge in [-0.05, 0) is 37.2 Å². The molecule has 104 valence electrons. The van der Waals surface area contributed by atoms with Crippen molar-refractivity contribution in [1.29, 1.82) is 0 Å². The van der Waals surface area contributed by atoms with Crippen LogP contribution in [-0.4, -0.2) is 13.7 Å². The molecule has 2 aromatic carbocycles. The van der Waals surface area contributed by atoms with Crippen molar-refractivity contribution in [3.8, 4) is 5.75 Å². The molecule has 2 aromatic rings. The van der Waals surface area contributed by atoms with Crippen LogP contribution < -0.4 is 10.1 Å². The number of hydrogen-bond acceptors (Lipinski definition) is 2. The maximum absolute atomic E-state index is 6.26. The molecule has 0 radical (unpaired) electrons. The number of hydrogen-bond donors (Lipinski definition) is 1. The molecule has 0 saturated carbocycles. The highest BCUT2D eigenvalue weighted by atomic mass is 35.5. The van der Waals surface area contributed by atoms with Gasteiger partial charge in [-0.1, -0.05) is 41.4 Å². The highest BCUT2D eigenvalue weighted by Gasteiger charge is 2.23. The Balaban J connectivity index is 2.10. The van der Waals surface area contributed by atoms with Crippen LogP contribution in [0.5, 0.6) is 5.75 Å². The topological polar surface area (TPSA) is 21.3 Å². The summed E-state index contributed by atoms with van der Waals surface area (Å²) in [6, 6.07) is 12.6. The van der Waals surface area contributed by atoms with Crippen molar-refractivity contribution in [2.45, 2.75) is 19.4 Å². The third kappa shape index (κ3) is 2.41. The number of fused-ring (bicyclic) bond motifs is 1. The summed E-state index contributed by atoms with van der Waals surface area (Å²) in [5.41, 5.74) is 4.81. The van der Waals surface area contributed by atoms with Gasteiger partial charge in [0, 0.05) is 17.0 Å². The molecule has 0 bridgehead atoms. The van der Waals surface area contributed by atoms with Gasteiger partial charge in [-0.3, -0.25) is 0 Å². The molecular formula is C17H18ClNO. The third-order valence-electron chi connectivity index (χ3n) is 3.75. The number of halogens is 1. The van der Waals surface area contributed by atoms with Gasteiger partial charge in [0.25, 0.3) is 0 Å². The Morgan fingerprint density at radius 3 is 2.85 bits per heavy atom. The monoisotopic (exact) mass is 287 g/mol. The first-order valence-electron chi connectivity index (χ1n) is 6.88. The fourth-order valence-electron chi connectivity index (χ4n) is 2.86. The van der Waals surface area contributed by atoms with E-state index >= 15 is 0 Å². The fourth-order valence-corrected chi connectivity index (χ4v) is 3.11. The van der Waals surface area contributed by atoms with Crippen molar-refractivity contribution in [2.24, 2.45) is 0 Å². The summed E-state index contributed by atoms with van der Waals surface area (Å²) in [5, 5.41) is 4.16. The van der Waals surface area contributed by atoms with Crippen LogP contribution in [0.2, 0.25) is 5.02 Å². The van der Waals surface area contributed by atoms with Crippen molar-refractivity contribution in [1.82, 2.24) is 5.32 Å². The van der Waals surface area contributed by atoms with Gasteiger partial charge in [0.05, 0.1) is 12.6 Å². The van der Waals surface area contributed by atoms with Crippen LogP contribution in [0.3, 0.4) is 0 Å². The Morgan fingerprint density at radius 2 is 2.10 bits per heavy atom. The number of ether oxygens (including phenoxy) is 1. The first kappa shape index (κ1) is 13.5. The molecule has 3 heteroatoms. The lowest BCUT2D eigenvalue weighted by Gasteiger charge is -2.20. The molecule has 1 aliphatic heterocycles. The van der Waals surface area contributed by atoms with Gasteiger partial charge in [-0.15, -0.1) is 0 Å². The van der Waals surface area contributed by atoms with Gasteiger partial charge in [0.2, 0.25) is 0 Å². The minimum absolute atomic E-state index is 0.0976. The lowest BCUT2D eigenvalue weighted by atomic mass is 9.95. The summed E-state index contributed by atoms with van der Waals surface area (Å²) in [7, 11) is 1.97. The minimum Gasteiger partial charge on any atom is -0.493 e. The van der Waals surface area contributed by atoms with Gasteiger partial charge >= 0.3 is 0 Å². The predicted octanol–water partition coefficient (Wildman–Crippen LogP) is 3.89. The Kier molecular flexibility index (Phi) is 3.68. The van der Waals surface area contributed by atoms with Gasteiger partial charge in [0.1, 0.15) is 5.75 Å². The van der Waals surface area contributed by atoms with Crippen molar-refractivity contribution in [3.05, 3.63) is 63.7 Å². The second kappa shape index (κ2) is 5.47. The second-order valence-corrected chi connectivity index (χ2v) is 5.65. The van der Waals surface area contributed by atoms with Crippen molar-refractivity contribution in [2.75, 3.05) is 13.7 Å². The van der Waals surface area contributed by atoms with E-state index in [4.69, 9.17) is 16.3 Å². The molecule has 20 heavy (non-hydrogen) atoms. The third-order valence-corrected chi connectivity index (χ3v) is 3.97. The van der Waals surface area contributed by atoms with Crippen molar-refractivity contribution in [3.63, 3.8) is 0 Å². The molecule has 2 nitrogen and oxygen atoms in total. The molecule has 0 fully saturated rings. The Hall–Kier alpha value is -1.51. The Bertz CT molecular complexity index is 639. The molecule has 0 spiro atoms. The van der Waals surface area contributed by atoms with Gasteiger partial charge in [0.15, 0.2) is 0 Å². The minimum atomic E-state index is 0.0976. The zero-order valence-electron chi connectivity index (χ0n) is 11.7. The van der Waals surface area contributed by atoms with Crippen molar-refractivity contribution >= 4 is 11.6 Å². The van der Waals surface area contributed by atoms with Crippen LogP contribution in [0.25, 0.3) is 0 Å². The second-order valence-electron chi connectivity index (χ2n) is 5.22. The van der Waals surface area contributed by atoms with Crippen molar-refractivity contribution < 1.29 is 4.74 Å². The lowest BCUT2D eigenvalue weighted by Crippen LogP contribution is -2.18. The molecule has 1 N–H and O–H groups in total. The Labute approximate surface area is 124 Å². The average molecular weight is 288 g/mol. The summed E-state index contributed by atoms with van der Waals surface area (Å²) in [6.07, 6.45) is 0.938.